The molecule has 0 saturated carbocycles. The summed E-state index contributed by atoms with van der Waals surface area (Å²) in [5, 5.41) is 0. The fourth-order valence-electron chi connectivity index (χ4n) is 1.23. The van der Waals surface area contributed by atoms with Crippen LogP contribution in [0.3, 0.4) is 0 Å². The number of aromatic amines is 1. The number of ether oxygens (including phenoxy) is 1. The molecule has 0 atom stereocenters. The summed E-state index contributed by atoms with van der Waals surface area (Å²) in [5.41, 5.74) is 3.77. The highest BCUT2D eigenvalue weighted by Crippen LogP contribution is 2.23. The minimum Gasteiger partial charge on any atom is -0.469 e. The first-order valence-electron chi connectivity index (χ1n) is 4.32. The first-order chi connectivity index (χ1) is 7.45. The molecular formula is C9H10F2N2O3. The van der Waals surface area contributed by atoms with E-state index in [9.17, 15) is 18.4 Å². The Bertz CT molecular complexity index is 457. The molecule has 3 N–H and O–H groups in total. The van der Waals surface area contributed by atoms with Crippen molar-refractivity contribution in [3.05, 3.63) is 27.7 Å². The molecule has 0 spiro atoms. The zero-order chi connectivity index (χ0) is 12.3. The van der Waals surface area contributed by atoms with Crippen LogP contribution in [0.4, 0.5) is 14.5 Å². The van der Waals surface area contributed by atoms with E-state index in [2.05, 4.69) is 4.74 Å². The summed E-state index contributed by atoms with van der Waals surface area (Å²) in [6, 6.07) is 0.949. The highest BCUT2D eigenvalue weighted by Gasteiger charge is 2.19. The van der Waals surface area contributed by atoms with Crippen LogP contribution in [-0.4, -0.2) is 18.1 Å². The first-order valence-corrected chi connectivity index (χ1v) is 4.32. The molecule has 0 fully saturated rings. The lowest BCUT2D eigenvalue weighted by Gasteiger charge is -2.09. The minimum absolute atomic E-state index is 0.110. The van der Waals surface area contributed by atoms with Crippen molar-refractivity contribution in [1.82, 2.24) is 4.98 Å². The second-order valence-electron chi connectivity index (χ2n) is 3.03. The van der Waals surface area contributed by atoms with Crippen molar-refractivity contribution in [2.24, 2.45) is 0 Å². The molecule has 0 radical (unpaired) electrons. The Balaban J connectivity index is 3.24. The molecule has 0 aromatic carbocycles. The van der Waals surface area contributed by atoms with Crippen LogP contribution in [0.25, 0.3) is 0 Å². The van der Waals surface area contributed by atoms with Gasteiger partial charge < -0.3 is 15.5 Å². The Kier molecular flexibility index (Phi) is 3.60. The Morgan fingerprint density at radius 3 is 2.75 bits per heavy atom. The number of anilines is 1. The molecule has 1 heterocycles. The van der Waals surface area contributed by atoms with Gasteiger partial charge in [-0.25, -0.2) is 8.78 Å². The molecule has 0 saturated heterocycles. The van der Waals surface area contributed by atoms with Crippen molar-refractivity contribution in [2.45, 2.75) is 12.8 Å². The van der Waals surface area contributed by atoms with Gasteiger partial charge in [0.2, 0.25) is 5.56 Å². The van der Waals surface area contributed by atoms with Crippen LogP contribution < -0.4 is 11.3 Å². The number of esters is 1. The van der Waals surface area contributed by atoms with E-state index in [1.165, 1.54) is 0 Å². The maximum Gasteiger partial charge on any atom is 0.310 e. The van der Waals surface area contributed by atoms with E-state index in [1.54, 1.807) is 0 Å². The predicted molar refractivity (Wildman–Crippen MR) is 52.2 cm³/mol. The van der Waals surface area contributed by atoms with E-state index >= 15 is 0 Å². The van der Waals surface area contributed by atoms with Gasteiger partial charge in [-0.15, -0.1) is 0 Å². The van der Waals surface area contributed by atoms with Crippen LogP contribution in [0.15, 0.2) is 10.9 Å². The molecule has 0 unspecified atom stereocenters. The third kappa shape index (κ3) is 2.56. The third-order valence-corrected chi connectivity index (χ3v) is 1.99. The van der Waals surface area contributed by atoms with Gasteiger partial charge >= 0.3 is 5.97 Å². The number of nitrogens with one attached hydrogen (secondary N) is 1. The number of aromatic nitrogens is 1. The largest absolute Gasteiger partial charge is 0.469 e. The topological polar surface area (TPSA) is 85.2 Å². The van der Waals surface area contributed by atoms with Crippen molar-refractivity contribution in [2.75, 3.05) is 12.8 Å². The number of halogens is 2. The summed E-state index contributed by atoms with van der Waals surface area (Å²) in [7, 11) is 1.13. The lowest BCUT2D eigenvalue weighted by atomic mass is 10.1. The maximum atomic E-state index is 12.6. The number of nitrogens with two attached hydrogens (primary N) is 1. The number of methoxy groups -OCH3 is 1. The van der Waals surface area contributed by atoms with Gasteiger partial charge in [-0.3, -0.25) is 9.59 Å². The van der Waals surface area contributed by atoms with E-state index in [4.69, 9.17) is 5.73 Å². The summed E-state index contributed by atoms with van der Waals surface area (Å²) < 4.78 is 29.5. The number of carbonyl (C=O) groups is 1. The van der Waals surface area contributed by atoms with Gasteiger partial charge in [0.05, 0.1) is 19.2 Å². The zero-order valence-electron chi connectivity index (χ0n) is 8.42. The maximum absolute atomic E-state index is 12.6. The van der Waals surface area contributed by atoms with Gasteiger partial charge in [0.25, 0.3) is 6.43 Å². The summed E-state index contributed by atoms with van der Waals surface area (Å²) >= 11 is 0. The SMILES string of the molecule is COC(=O)Cc1c(N)cc(=O)[nH]c1C(F)F. The zero-order valence-corrected chi connectivity index (χ0v) is 8.42. The standard InChI is InChI=1S/C9H10F2N2O3/c1-16-7(15)2-4-5(12)3-6(14)13-8(4)9(10)11/h3,9H,2H2,1H3,(H3,12,13,14). The monoisotopic (exact) mass is 232 g/mol. The summed E-state index contributed by atoms with van der Waals surface area (Å²) in [4.78, 5) is 23.9. The van der Waals surface area contributed by atoms with Crippen molar-refractivity contribution in [1.29, 1.82) is 0 Å². The van der Waals surface area contributed by atoms with E-state index in [1.807, 2.05) is 4.98 Å². The molecule has 88 valence electrons. The average Bonchev–Trinajstić information content (AvgIpc) is 2.20. The average molecular weight is 232 g/mol. The van der Waals surface area contributed by atoms with E-state index < -0.39 is 30.1 Å². The van der Waals surface area contributed by atoms with Gasteiger partial charge in [0.15, 0.2) is 0 Å². The fourth-order valence-corrected chi connectivity index (χ4v) is 1.23. The number of carbonyl (C=O) groups excluding carboxylic acids is 1. The van der Waals surface area contributed by atoms with Crippen LogP contribution in [0.5, 0.6) is 0 Å². The number of alkyl halides is 2. The lowest BCUT2D eigenvalue weighted by molar-refractivity contribution is -0.139. The molecule has 0 bridgehead atoms. The molecule has 16 heavy (non-hydrogen) atoms. The highest BCUT2D eigenvalue weighted by atomic mass is 19.3. The molecule has 1 aromatic heterocycles. The third-order valence-electron chi connectivity index (χ3n) is 1.99. The second-order valence-corrected chi connectivity index (χ2v) is 3.03. The van der Waals surface area contributed by atoms with Crippen LogP contribution in [0, 0.1) is 0 Å². The van der Waals surface area contributed by atoms with Gasteiger partial charge in [-0.05, 0) is 0 Å². The summed E-state index contributed by atoms with van der Waals surface area (Å²) in [5.74, 6) is -0.708. The van der Waals surface area contributed by atoms with Crippen molar-refractivity contribution in [3.8, 4) is 0 Å². The van der Waals surface area contributed by atoms with Crippen LogP contribution in [0.1, 0.15) is 17.7 Å². The first kappa shape index (κ1) is 12.2. The molecule has 0 aliphatic heterocycles. The molecule has 5 nitrogen and oxygen atoms in total. The minimum atomic E-state index is -2.91. The Morgan fingerprint density at radius 2 is 2.25 bits per heavy atom. The van der Waals surface area contributed by atoms with Crippen LogP contribution >= 0.6 is 0 Å². The highest BCUT2D eigenvalue weighted by molar-refractivity contribution is 5.75. The number of hydrogen-bond donors (Lipinski definition) is 2. The Labute approximate surface area is 89.2 Å². The van der Waals surface area contributed by atoms with E-state index in [0.29, 0.717) is 0 Å². The molecule has 7 heteroatoms. The normalized spacial score (nSPS) is 10.5. The van der Waals surface area contributed by atoms with E-state index in [0.717, 1.165) is 13.2 Å². The Morgan fingerprint density at radius 1 is 1.62 bits per heavy atom. The van der Waals surface area contributed by atoms with Crippen molar-refractivity contribution in [3.63, 3.8) is 0 Å². The number of H-pyrrole nitrogens is 1. The number of rotatable bonds is 3. The predicted octanol–water partition coefficient (Wildman–Crippen LogP) is 0.610. The van der Waals surface area contributed by atoms with Gasteiger partial charge in [-0.1, -0.05) is 0 Å². The van der Waals surface area contributed by atoms with Gasteiger partial charge in [0, 0.05) is 17.3 Å². The molecule has 1 rings (SSSR count). The lowest BCUT2D eigenvalue weighted by Crippen LogP contribution is -2.17. The molecule has 0 amide bonds. The smallest absolute Gasteiger partial charge is 0.310 e. The van der Waals surface area contributed by atoms with Gasteiger partial charge in [-0.2, -0.15) is 0 Å². The fraction of sp³-hybridized carbons (Fsp3) is 0.333. The van der Waals surface area contributed by atoms with E-state index in [-0.39, 0.29) is 11.3 Å². The molecular weight excluding hydrogens is 222 g/mol. The summed E-state index contributed by atoms with van der Waals surface area (Å²) in [6.07, 6.45) is -3.31. The number of nitrogen functional groups attached to an aromatic ring is 1. The molecule has 0 aliphatic carbocycles. The quantitative estimate of drug-likeness (QED) is 0.747. The molecule has 0 aliphatic rings. The summed E-state index contributed by atoms with van der Waals surface area (Å²) in [6.45, 7) is 0. The van der Waals surface area contributed by atoms with Crippen molar-refractivity contribution >= 4 is 11.7 Å². The molecule has 1 aromatic rings. The van der Waals surface area contributed by atoms with Crippen molar-refractivity contribution < 1.29 is 18.3 Å². The van der Waals surface area contributed by atoms with Gasteiger partial charge in [0.1, 0.15) is 0 Å². The van der Waals surface area contributed by atoms with Crippen LogP contribution in [0.2, 0.25) is 0 Å². The van der Waals surface area contributed by atoms with Crippen LogP contribution in [-0.2, 0) is 16.0 Å². The number of pyridine rings is 1. The number of hydrogen-bond acceptors (Lipinski definition) is 4. The Hall–Kier alpha value is -1.92. The second kappa shape index (κ2) is 4.73.